The number of benzene rings is 1. The largest absolute Gasteiger partial charge is 0.367 e. The molecule has 1 aliphatic heterocycles. The van der Waals surface area contributed by atoms with Crippen LogP contribution in [0.5, 0.6) is 0 Å². The van der Waals surface area contributed by atoms with Gasteiger partial charge in [0, 0.05) is 24.3 Å². The maximum absolute atomic E-state index is 9.00. The van der Waals surface area contributed by atoms with Crippen molar-refractivity contribution in [3.05, 3.63) is 29.8 Å². The van der Waals surface area contributed by atoms with Crippen LogP contribution in [-0.2, 0) is 0 Å². The molecule has 18 heavy (non-hydrogen) atoms. The summed E-state index contributed by atoms with van der Waals surface area (Å²) in [5, 5.41) is 12.6. The van der Waals surface area contributed by atoms with Crippen LogP contribution < -0.4 is 10.2 Å². The molecule has 0 aromatic heterocycles. The Bertz CT molecular complexity index is 453. The van der Waals surface area contributed by atoms with Crippen LogP contribution in [0, 0.1) is 11.3 Å². The predicted octanol–water partition coefficient (Wildman–Crippen LogP) is 2.28. The third-order valence-corrected chi connectivity index (χ3v) is 3.87. The van der Waals surface area contributed by atoms with E-state index in [4.69, 9.17) is 5.26 Å². The summed E-state index contributed by atoms with van der Waals surface area (Å²) >= 11 is 0. The summed E-state index contributed by atoms with van der Waals surface area (Å²) in [5.74, 6) is 0. The summed E-state index contributed by atoms with van der Waals surface area (Å²) in [6.45, 7) is 2.24. The summed E-state index contributed by atoms with van der Waals surface area (Å²) in [6, 6.07) is 11.6. The molecule has 3 rings (SSSR count). The molecular formula is C15H19N3. The average Bonchev–Trinajstić information content (AvgIpc) is 3.13. The fourth-order valence-corrected chi connectivity index (χ4v) is 2.76. The lowest BCUT2D eigenvalue weighted by Crippen LogP contribution is -2.38. The molecule has 1 aromatic carbocycles. The third kappa shape index (κ3) is 2.49. The van der Waals surface area contributed by atoms with Crippen LogP contribution in [0.1, 0.15) is 31.2 Å². The van der Waals surface area contributed by atoms with E-state index < -0.39 is 0 Å². The molecule has 1 atom stereocenters. The molecule has 1 N–H and O–H groups in total. The van der Waals surface area contributed by atoms with E-state index in [1.807, 2.05) is 18.2 Å². The lowest BCUT2D eigenvalue weighted by molar-refractivity contribution is 0.578. The standard InChI is InChI=1S/C15H19N3/c16-10-12-3-1-5-15(9-12)18(14-6-7-14)11-13-4-2-8-17-13/h1,3,5,9,13-14,17H,2,4,6-8,11H2. The van der Waals surface area contributed by atoms with Gasteiger partial charge in [0.05, 0.1) is 11.6 Å². The highest BCUT2D eigenvalue weighted by molar-refractivity contribution is 5.53. The lowest BCUT2D eigenvalue weighted by Gasteiger charge is -2.28. The van der Waals surface area contributed by atoms with E-state index in [0.717, 1.165) is 18.7 Å². The molecule has 1 saturated heterocycles. The smallest absolute Gasteiger partial charge is 0.0992 e. The summed E-state index contributed by atoms with van der Waals surface area (Å²) in [7, 11) is 0. The fourth-order valence-electron chi connectivity index (χ4n) is 2.76. The molecule has 2 aliphatic rings. The van der Waals surface area contributed by atoms with Crippen LogP contribution in [0.4, 0.5) is 5.69 Å². The normalized spacial score (nSPS) is 22.7. The number of hydrogen-bond donors (Lipinski definition) is 1. The molecule has 1 aliphatic carbocycles. The van der Waals surface area contributed by atoms with Gasteiger partial charge in [0.15, 0.2) is 0 Å². The fraction of sp³-hybridized carbons (Fsp3) is 0.533. The Hall–Kier alpha value is -1.53. The van der Waals surface area contributed by atoms with E-state index in [1.165, 1.54) is 31.4 Å². The van der Waals surface area contributed by atoms with Crippen molar-refractivity contribution in [2.24, 2.45) is 0 Å². The maximum atomic E-state index is 9.00. The van der Waals surface area contributed by atoms with E-state index in [2.05, 4.69) is 22.4 Å². The minimum atomic E-state index is 0.622. The second-order valence-corrected chi connectivity index (χ2v) is 5.34. The van der Waals surface area contributed by atoms with E-state index in [1.54, 1.807) is 0 Å². The summed E-state index contributed by atoms with van der Waals surface area (Å²) < 4.78 is 0. The third-order valence-electron chi connectivity index (χ3n) is 3.87. The maximum Gasteiger partial charge on any atom is 0.0992 e. The highest BCUT2D eigenvalue weighted by Crippen LogP contribution is 2.32. The Balaban J connectivity index is 1.77. The zero-order valence-corrected chi connectivity index (χ0v) is 10.6. The van der Waals surface area contributed by atoms with Gasteiger partial charge in [-0.25, -0.2) is 0 Å². The van der Waals surface area contributed by atoms with Crippen LogP contribution in [-0.4, -0.2) is 25.2 Å². The summed E-state index contributed by atoms with van der Waals surface area (Å²) in [5.41, 5.74) is 1.97. The molecule has 0 bridgehead atoms. The van der Waals surface area contributed by atoms with Crippen molar-refractivity contribution in [2.45, 2.75) is 37.8 Å². The van der Waals surface area contributed by atoms with Crippen molar-refractivity contribution in [1.82, 2.24) is 5.32 Å². The number of nitrogens with zero attached hydrogens (tertiary/aromatic N) is 2. The van der Waals surface area contributed by atoms with Gasteiger partial charge in [-0.15, -0.1) is 0 Å². The first-order valence-electron chi connectivity index (χ1n) is 6.87. The Morgan fingerprint density at radius 3 is 2.89 bits per heavy atom. The predicted molar refractivity (Wildman–Crippen MR) is 72.5 cm³/mol. The molecular weight excluding hydrogens is 222 g/mol. The molecule has 0 radical (unpaired) electrons. The van der Waals surface area contributed by atoms with Crippen molar-refractivity contribution < 1.29 is 0 Å². The zero-order chi connectivity index (χ0) is 12.4. The molecule has 1 heterocycles. The quantitative estimate of drug-likeness (QED) is 0.879. The summed E-state index contributed by atoms with van der Waals surface area (Å²) in [4.78, 5) is 2.49. The van der Waals surface area contributed by atoms with Crippen molar-refractivity contribution in [1.29, 1.82) is 5.26 Å². The number of rotatable bonds is 4. The van der Waals surface area contributed by atoms with E-state index in [-0.39, 0.29) is 0 Å². The van der Waals surface area contributed by atoms with Crippen LogP contribution in [0.2, 0.25) is 0 Å². The number of hydrogen-bond acceptors (Lipinski definition) is 3. The zero-order valence-electron chi connectivity index (χ0n) is 10.6. The van der Waals surface area contributed by atoms with Crippen LogP contribution in [0.15, 0.2) is 24.3 Å². The molecule has 1 aromatic rings. The number of nitrogens with one attached hydrogen (secondary N) is 1. The first-order valence-corrected chi connectivity index (χ1v) is 6.87. The van der Waals surface area contributed by atoms with Gasteiger partial charge in [-0.2, -0.15) is 5.26 Å². The van der Waals surface area contributed by atoms with Gasteiger partial charge in [0.1, 0.15) is 0 Å². The Morgan fingerprint density at radius 2 is 2.22 bits per heavy atom. The second-order valence-electron chi connectivity index (χ2n) is 5.34. The minimum Gasteiger partial charge on any atom is -0.367 e. The SMILES string of the molecule is N#Cc1cccc(N(CC2CCCN2)C2CC2)c1. The molecule has 3 nitrogen and oxygen atoms in total. The highest BCUT2D eigenvalue weighted by atomic mass is 15.2. The van der Waals surface area contributed by atoms with Crippen molar-refractivity contribution in [3.8, 4) is 6.07 Å². The monoisotopic (exact) mass is 241 g/mol. The van der Waals surface area contributed by atoms with Gasteiger partial charge in [0.25, 0.3) is 0 Å². The first kappa shape index (κ1) is 11.6. The Labute approximate surface area is 108 Å². The van der Waals surface area contributed by atoms with Crippen molar-refractivity contribution >= 4 is 5.69 Å². The van der Waals surface area contributed by atoms with E-state index in [9.17, 15) is 0 Å². The van der Waals surface area contributed by atoms with Crippen LogP contribution >= 0.6 is 0 Å². The van der Waals surface area contributed by atoms with Crippen molar-refractivity contribution in [3.63, 3.8) is 0 Å². The van der Waals surface area contributed by atoms with E-state index in [0.29, 0.717) is 12.1 Å². The average molecular weight is 241 g/mol. The summed E-state index contributed by atoms with van der Waals surface area (Å²) in [6.07, 6.45) is 5.16. The number of nitriles is 1. The topological polar surface area (TPSA) is 39.1 Å². The highest BCUT2D eigenvalue weighted by Gasteiger charge is 2.31. The molecule has 0 spiro atoms. The molecule has 1 unspecified atom stereocenters. The van der Waals surface area contributed by atoms with Crippen LogP contribution in [0.25, 0.3) is 0 Å². The minimum absolute atomic E-state index is 0.622. The molecule has 3 heteroatoms. The van der Waals surface area contributed by atoms with Gasteiger partial charge >= 0.3 is 0 Å². The van der Waals surface area contributed by atoms with E-state index >= 15 is 0 Å². The second kappa shape index (κ2) is 4.99. The Kier molecular flexibility index (Phi) is 3.21. The molecule has 2 fully saturated rings. The van der Waals surface area contributed by atoms with Gasteiger partial charge < -0.3 is 10.2 Å². The molecule has 94 valence electrons. The molecule has 0 amide bonds. The number of anilines is 1. The van der Waals surface area contributed by atoms with Crippen molar-refractivity contribution in [2.75, 3.05) is 18.0 Å². The van der Waals surface area contributed by atoms with Crippen LogP contribution in [0.3, 0.4) is 0 Å². The lowest BCUT2D eigenvalue weighted by atomic mass is 10.1. The Morgan fingerprint density at radius 1 is 1.33 bits per heavy atom. The van der Waals surface area contributed by atoms with Gasteiger partial charge in [-0.05, 0) is 50.4 Å². The molecule has 1 saturated carbocycles. The van der Waals surface area contributed by atoms with Gasteiger partial charge in [-0.1, -0.05) is 6.07 Å². The first-order chi connectivity index (χ1) is 8.86. The van der Waals surface area contributed by atoms with Gasteiger partial charge in [-0.3, -0.25) is 0 Å². The van der Waals surface area contributed by atoms with Gasteiger partial charge in [0.2, 0.25) is 0 Å².